The molecule has 1 N–H and O–H groups in total. The molecule has 130 valence electrons. The Kier molecular flexibility index (Phi) is 5.57. The van der Waals surface area contributed by atoms with Crippen molar-refractivity contribution < 1.29 is 13.2 Å². The van der Waals surface area contributed by atoms with Crippen molar-refractivity contribution in [3.8, 4) is 6.07 Å². The SMILES string of the molecule is CC(=O)c1ccc(C#N)cc1NCc1ccc(S(=O)(=O)N(C)C)cc1. The van der Waals surface area contributed by atoms with Gasteiger partial charge in [0.1, 0.15) is 0 Å². The van der Waals surface area contributed by atoms with E-state index in [4.69, 9.17) is 5.26 Å². The van der Waals surface area contributed by atoms with Crippen LogP contribution in [0.15, 0.2) is 47.4 Å². The second kappa shape index (κ2) is 7.47. The van der Waals surface area contributed by atoms with Crippen molar-refractivity contribution in [2.45, 2.75) is 18.4 Å². The van der Waals surface area contributed by atoms with E-state index in [1.807, 2.05) is 6.07 Å². The highest BCUT2D eigenvalue weighted by Gasteiger charge is 2.16. The van der Waals surface area contributed by atoms with Gasteiger partial charge in [0.05, 0.1) is 16.5 Å². The first kappa shape index (κ1) is 18.6. The van der Waals surface area contributed by atoms with Crippen LogP contribution in [-0.2, 0) is 16.6 Å². The lowest BCUT2D eigenvalue weighted by Gasteiger charge is -2.13. The Morgan fingerprint density at radius 1 is 1.16 bits per heavy atom. The Morgan fingerprint density at radius 3 is 2.32 bits per heavy atom. The number of anilines is 1. The molecular weight excluding hydrogens is 338 g/mol. The zero-order valence-corrected chi connectivity index (χ0v) is 15.1. The summed E-state index contributed by atoms with van der Waals surface area (Å²) in [7, 11) is -0.491. The topological polar surface area (TPSA) is 90.3 Å². The highest BCUT2D eigenvalue weighted by Crippen LogP contribution is 2.20. The number of rotatable bonds is 6. The minimum absolute atomic E-state index is 0.0978. The van der Waals surface area contributed by atoms with Crippen molar-refractivity contribution in [2.75, 3.05) is 19.4 Å². The Bertz CT molecular complexity index is 927. The van der Waals surface area contributed by atoms with E-state index in [1.54, 1.807) is 42.5 Å². The number of hydrogen-bond donors (Lipinski definition) is 1. The van der Waals surface area contributed by atoms with Crippen LogP contribution >= 0.6 is 0 Å². The lowest BCUT2D eigenvalue weighted by atomic mass is 10.1. The van der Waals surface area contributed by atoms with Gasteiger partial charge in [-0.05, 0) is 42.8 Å². The Balaban J connectivity index is 2.20. The Labute approximate surface area is 147 Å². The van der Waals surface area contributed by atoms with Crippen LogP contribution in [0.5, 0.6) is 0 Å². The molecule has 0 saturated carbocycles. The minimum atomic E-state index is -3.46. The van der Waals surface area contributed by atoms with Crippen LogP contribution in [0.3, 0.4) is 0 Å². The van der Waals surface area contributed by atoms with Gasteiger partial charge in [0.2, 0.25) is 10.0 Å². The minimum Gasteiger partial charge on any atom is -0.380 e. The zero-order chi connectivity index (χ0) is 18.6. The van der Waals surface area contributed by atoms with Crippen molar-refractivity contribution >= 4 is 21.5 Å². The van der Waals surface area contributed by atoms with E-state index in [9.17, 15) is 13.2 Å². The quantitative estimate of drug-likeness (QED) is 0.803. The first-order valence-corrected chi connectivity index (χ1v) is 9.00. The molecule has 0 aliphatic rings. The fourth-order valence-electron chi connectivity index (χ4n) is 2.25. The third kappa shape index (κ3) is 4.24. The molecule has 0 atom stereocenters. The number of nitrogens with one attached hydrogen (secondary N) is 1. The van der Waals surface area contributed by atoms with Crippen LogP contribution in [-0.4, -0.2) is 32.6 Å². The van der Waals surface area contributed by atoms with Crippen LogP contribution in [0.1, 0.15) is 28.4 Å². The van der Waals surface area contributed by atoms with Gasteiger partial charge in [-0.15, -0.1) is 0 Å². The number of Topliss-reactive ketones (excluding diaryl/α,β-unsaturated/α-hetero) is 1. The first-order valence-electron chi connectivity index (χ1n) is 7.56. The highest BCUT2D eigenvalue weighted by atomic mass is 32.2. The normalized spacial score (nSPS) is 11.2. The number of nitriles is 1. The van der Waals surface area contributed by atoms with Crippen molar-refractivity contribution in [3.63, 3.8) is 0 Å². The fraction of sp³-hybridized carbons (Fsp3) is 0.222. The van der Waals surface area contributed by atoms with Gasteiger partial charge in [0.15, 0.2) is 5.78 Å². The second-order valence-corrected chi connectivity index (χ2v) is 7.87. The van der Waals surface area contributed by atoms with Crippen LogP contribution in [0.2, 0.25) is 0 Å². The molecule has 0 heterocycles. The first-order chi connectivity index (χ1) is 11.8. The van der Waals surface area contributed by atoms with Crippen molar-refractivity contribution in [1.82, 2.24) is 4.31 Å². The number of sulfonamides is 1. The lowest BCUT2D eigenvalue weighted by Crippen LogP contribution is -2.22. The highest BCUT2D eigenvalue weighted by molar-refractivity contribution is 7.89. The summed E-state index contributed by atoms with van der Waals surface area (Å²) in [6.45, 7) is 1.87. The summed E-state index contributed by atoms with van der Waals surface area (Å²) in [6, 6.07) is 13.4. The van der Waals surface area contributed by atoms with E-state index >= 15 is 0 Å². The molecule has 2 aromatic rings. The Hall–Kier alpha value is -2.69. The van der Waals surface area contributed by atoms with Gasteiger partial charge >= 0.3 is 0 Å². The molecule has 25 heavy (non-hydrogen) atoms. The van der Waals surface area contributed by atoms with Crippen molar-refractivity contribution in [2.24, 2.45) is 0 Å². The van der Waals surface area contributed by atoms with Crippen molar-refractivity contribution in [1.29, 1.82) is 5.26 Å². The molecular formula is C18H19N3O3S. The maximum Gasteiger partial charge on any atom is 0.242 e. The molecule has 0 unspecified atom stereocenters. The van der Waals surface area contributed by atoms with Crippen molar-refractivity contribution in [3.05, 3.63) is 59.2 Å². The zero-order valence-electron chi connectivity index (χ0n) is 14.3. The van der Waals surface area contributed by atoms with Crippen LogP contribution in [0, 0.1) is 11.3 Å². The lowest BCUT2D eigenvalue weighted by molar-refractivity contribution is 0.101. The molecule has 0 amide bonds. The van der Waals surface area contributed by atoms with Crippen LogP contribution in [0.25, 0.3) is 0 Å². The predicted molar refractivity (Wildman–Crippen MR) is 95.8 cm³/mol. The van der Waals surface area contributed by atoms with Gasteiger partial charge < -0.3 is 5.32 Å². The maximum atomic E-state index is 12.1. The average Bonchev–Trinajstić information content (AvgIpc) is 2.59. The molecule has 2 aromatic carbocycles. The van der Waals surface area contributed by atoms with E-state index in [0.29, 0.717) is 23.4 Å². The second-order valence-electron chi connectivity index (χ2n) is 5.71. The van der Waals surface area contributed by atoms with E-state index in [1.165, 1.54) is 21.0 Å². The molecule has 0 bridgehead atoms. The summed E-state index contributed by atoms with van der Waals surface area (Å²) in [5.41, 5.74) is 2.40. The number of benzene rings is 2. The van der Waals surface area contributed by atoms with E-state index < -0.39 is 10.0 Å². The largest absolute Gasteiger partial charge is 0.380 e. The number of hydrogen-bond acceptors (Lipinski definition) is 5. The summed E-state index contributed by atoms with van der Waals surface area (Å²) in [5, 5.41) is 12.1. The summed E-state index contributed by atoms with van der Waals surface area (Å²) >= 11 is 0. The Morgan fingerprint density at radius 2 is 1.80 bits per heavy atom. The van der Waals surface area contributed by atoms with E-state index in [-0.39, 0.29) is 10.7 Å². The number of carbonyl (C=O) groups excluding carboxylic acids is 1. The molecule has 0 aromatic heterocycles. The summed E-state index contributed by atoms with van der Waals surface area (Å²) < 4.78 is 25.3. The molecule has 6 nitrogen and oxygen atoms in total. The van der Waals surface area contributed by atoms with Crippen LogP contribution in [0.4, 0.5) is 5.69 Å². The fourth-order valence-corrected chi connectivity index (χ4v) is 3.16. The van der Waals surface area contributed by atoms with E-state index in [2.05, 4.69) is 5.32 Å². The average molecular weight is 357 g/mol. The van der Waals surface area contributed by atoms with Gasteiger partial charge in [-0.1, -0.05) is 12.1 Å². The van der Waals surface area contributed by atoms with E-state index in [0.717, 1.165) is 9.87 Å². The van der Waals surface area contributed by atoms with Gasteiger partial charge in [-0.2, -0.15) is 5.26 Å². The smallest absolute Gasteiger partial charge is 0.242 e. The summed E-state index contributed by atoms with van der Waals surface area (Å²) in [4.78, 5) is 11.9. The number of nitrogens with zero attached hydrogens (tertiary/aromatic N) is 2. The van der Waals surface area contributed by atoms with Gasteiger partial charge in [0.25, 0.3) is 0 Å². The number of carbonyl (C=O) groups is 1. The molecule has 0 spiro atoms. The predicted octanol–water partition coefficient (Wildman–Crippen LogP) is 2.62. The monoisotopic (exact) mass is 357 g/mol. The van der Waals surface area contributed by atoms with Gasteiger partial charge in [-0.3, -0.25) is 4.79 Å². The molecule has 7 heteroatoms. The van der Waals surface area contributed by atoms with Gasteiger partial charge in [-0.25, -0.2) is 12.7 Å². The molecule has 0 aliphatic carbocycles. The molecule has 0 radical (unpaired) electrons. The molecule has 0 fully saturated rings. The standard InChI is InChI=1S/C18H19N3O3S/c1-13(22)17-9-6-15(11-19)10-18(17)20-12-14-4-7-16(8-5-14)25(23,24)21(2)3/h4-10,20H,12H2,1-3H3. The summed E-state index contributed by atoms with van der Waals surface area (Å²) in [6.07, 6.45) is 0. The summed E-state index contributed by atoms with van der Waals surface area (Å²) in [5.74, 6) is -0.0978. The molecule has 2 rings (SSSR count). The third-order valence-corrected chi connectivity index (χ3v) is 5.54. The number of ketones is 1. The molecule has 0 saturated heterocycles. The van der Waals surface area contributed by atoms with Crippen LogP contribution < -0.4 is 5.32 Å². The van der Waals surface area contributed by atoms with Gasteiger partial charge in [0, 0.05) is 31.9 Å². The molecule has 0 aliphatic heterocycles. The maximum absolute atomic E-state index is 12.1. The third-order valence-electron chi connectivity index (χ3n) is 3.71.